The SMILES string of the molecule is OCCN(CCCOCC(F)(F)F)C1CCCCC1. The minimum absolute atomic E-state index is 0.0971. The highest BCUT2D eigenvalue weighted by Crippen LogP contribution is 2.22. The van der Waals surface area contributed by atoms with Crippen molar-refractivity contribution in [3.05, 3.63) is 0 Å². The van der Waals surface area contributed by atoms with Gasteiger partial charge in [0, 0.05) is 25.7 Å². The van der Waals surface area contributed by atoms with Crippen LogP contribution in [0.5, 0.6) is 0 Å². The number of hydrogen-bond acceptors (Lipinski definition) is 3. The van der Waals surface area contributed by atoms with Crippen molar-refractivity contribution in [1.82, 2.24) is 4.90 Å². The fraction of sp³-hybridized carbons (Fsp3) is 1.00. The van der Waals surface area contributed by atoms with Crippen molar-refractivity contribution in [3.63, 3.8) is 0 Å². The molecule has 0 saturated heterocycles. The van der Waals surface area contributed by atoms with Gasteiger partial charge in [0.1, 0.15) is 6.61 Å². The number of aliphatic hydroxyl groups excluding tert-OH is 1. The van der Waals surface area contributed by atoms with Crippen molar-refractivity contribution < 1.29 is 23.0 Å². The molecule has 0 aliphatic heterocycles. The first-order chi connectivity index (χ1) is 9.03. The Bertz CT molecular complexity index is 230. The van der Waals surface area contributed by atoms with E-state index in [-0.39, 0.29) is 13.2 Å². The number of aliphatic hydroxyl groups is 1. The van der Waals surface area contributed by atoms with Crippen molar-refractivity contribution in [3.8, 4) is 0 Å². The molecule has 0 amide bonds. The summed E-state index contributed by atoms with van der Waals surface area (Å²) in [6.07, 6.45) is 2.26. The van der Waals surface area contributed by atoms with E-state index >= 15 is 0 Å². The first kappa shape index (κ1) is 16.7. The maximum absolute atomic E-state index is 11.9. The second kappa shape index (κ2) is 8.76. The van der Waals surface area contributed by atoms with E-state index in [1.807, 2.05) is 0 Å². The van der Waals surface area contributed by atoms with Gasteiger partial charge < -0.3 is 9.84 Å². The zero-order chi connectivity index (χ0) is 14.1. The molecule has 0 atom stereocenters. The Kier molecular flexibility index (Phi) is 7.71. The Labute approximate surface area is 112 Å². The molecule has 1 saturated carbocycles. The molecule has 1 aliphatic carbocycles. The van der Waals surface area contributed by atoms with Gasteiger partial charge in [-0.2, -0.15) is 13.2 Å². The third-order valence-electron chi connectivity index (χ3n) is 3.48. The van der Waals surface area contributed by atoms with Gasteiger partial charge in [-0.05, 0) is 19.3 Å². The zero-order valence-electron chi connectivity index (χ0n) is 11.3. The average molecular weight is 283 g/mol. The molecule has 0 heterocycles. The van der Waals surface area contributed by atoms with E-state index in [0.29, 0.717) is 25.6 Å². The van der Waals surface area contributed by atoms with Crippen LogP contribution in [-0.2, 0) is 4.74 Å². The largest absolute Gasteiger partial charge is 0.411 e. The predicted octanol–water partition coefficient (Wildman–Crippen LogP) is 2.58. The molecule has 0 spiro atoms. The van der Waals surface area contributed by atoms with Gasteiger partial charge >= 0.3 is 6.18 Å². The van der Waals surface area contributed by atoms with Gasteiger partial charge in [0.15, 0.2) is 0 Å². The highest BCUT2D eigenvalue weighted by atomic mass is 19.4. The lowest BCUT2D eigenvalue weighted by atomic mass is 9.94. The Balaban J connectivity index is 2.18. The van der Waals surface area contributed by atoms with Gasteiger partial charge in [0.2, 0.25) is 0 Å². The summed E-state index contributed by atoms with van der Waals surface area (Å²) in [5, 5.41) is 9.06. The topological polar surface area (TPSA) is 32.7 Å². The van der Waals surface area contributed by atoms with Crippen LogP contribution < -0.4 is 0 Å². The molecule has 0 aromatic carbocycles. The number of hydrogen-bond donors (Lipinski definition) is 1. The molecule has 1 N–H and O–H groups in total. The Morgan fingerprint density at radius 2 is 1.79 bits per heavy atom. The van der Waals surface area contributed by atoms with Crippen LogP contribution in [0.25, 0.3) is 0 Å². The minimum Gasteiger partial charge on any atom is -0.395 e. The predicted molar refractivity (Wildman–Crippen MR) is 67.0 cm³/mol. The number of ether oxygens (including phenoxy) is 1. The molecule has 0 radical (unpaired) electrons. The van der Waals surface area contributed by atoms with Crippen LogP contribution >= 0.6 is 0 Å². The lowest BCUT2D eigenvalue weighted by Crippen LogP contribution is -2.39. The molecule has 3 nitrogen and oxygen atoms in total. The van der Waals surface area contributed by atoms with Crippen LogP contribution in [0.3, 0.4) is 0 Å². The third-order valence-corrected chi connectivity index (χ3v) is 3.48. The van der Waals surface area contributed by atoms with Crippen LogP contribution in [0.15, 0.2) is 0 Å². The molecule has 1 fully saturated rings. The summed E-state index contributed by atoms with van der Waals surface area (Å²) in [7, 11) is 0. The summed E-state index contributed by atoms with van der Waals surface area (Å²) in [5.41, 5.74) is 0. The lowest BCUT2D eigenvalue weighted by Gasteiger charge is -2.33. The van der Waals surface area contributed by atoms with E-state index in [0.717, 1.165) is 12.8 Å². The van der Waals surface area contributed by atoms with E-state index < -0.39 is 12.8 Å². The van der Waals surface area contributed by atoms with Crippen LogP contribution in [0, 0.1) is 0 Å². The van der Waals surface area contributed by atoms with E-state index in [1.54, 1.807) is 0 Å². The van der Waals surface area contributed by atoms with Gasteiger partial charge in [-0.25, -0.2) is 0 Å². The van der Waals surface area contributed by atoms with Gasteiger partial charge in [0.05, 0.1) is 6.61 Å². The van der Waals surface area contributed by atoms with E-state index in [2.05, 4.69) is 9.64 Å². The summed E-state index contributed by atoms with van der Waals surface area (Å²) in [5.74, 6) is 0. The van der Waals surface area contributed by atoms with Gasteiger partial charge in [0.25, 0.3) is 0 Å². The fourth-order valence-electron chi connectivity index (χ4n) is 2.61. The minimum atomic E-state index is -4.24. The van der Waals surface area contributed by atoms with Crippen LogP contribution in [0.1, 0.15) is 38.5 Å². The molecule has 6 heteroatoms. The van der Waals surface area contributed by atoms with Crippen LogP contribution in [0.4, 0.5) is 13.2 Å². The second-order valence-corrected chi connectivity index (χ2v) is 5.07. The quantitative estimate of drug-likeness (QED) is 0.695. The second-order valence-electron chi connectivity index (χ2n) is 5.07. The van der Waals surface area contributed by atoms with Crippen molar-refractivity contribution in [2.45, 2.75) is 50.7 Å². The summed E-state index contributed by atoms with van der Waals surface area (Å²) in [6, 6.07) is 0.475. The van der Waals surface area contributed by atoms with E-state index in [1.165, 1.54) is 19.3 Å². The highest BCUT2D eigenvalue weighted by Gasteiger charge is 2.27. The first-order valence-electron chi connectivity index (χ1n) is 7.02. The first-order valence-corrected chi connectivity index (χ1v) is 7.02. The average Bonchev–Trinajstić information content (AvgIpc) is 2.37. The smallest absolute Gasteiger partial charge is 0.395 e. The molecule has 1 rings (SSSR count). The van der Waals surface area contributed by atoms with Crippen molar-refractivity contribution in [2.24, 2.45) is 0 Å². The molecular formula is C13H24F3NO2. The molecule has 0 unspecified atom stereocenters. The van der Waals surface area contributed by atoms with Crippen molar-refractivity contribution >= 4 is 0 Å². The summed E-state index contributed by atoms with van der Waals surface area (Å²) in [6.45, 7) is 0.345. The van der Waals surface area contributed by atoms with Crippen molar-refractivity contribution in [1.29, 1.82) is 0 Å². The number of halogens is 3. The van der Waals surface area contributed by atoms with Gasteiger partial charge in [-0.15, -0.1) is 0 Å². The Hall–Kier alpha value is -0.330. The summed E-state index contributed by atoms with van der Waals surface area (Å²) in [4.78, 5) is 2.19. The lowest BCUT2D eigenvalue weighted by molar-refractivity contribution is -0.174. The molecule has 114 valence electrons. The zero-order valence-corrected chi connectivity index (χ0v) is 11.3. The Morgan fingerprint density at radius 1 is 1.11 bits per heavy atom. The molecular weight excluding hydrogens is 259 g/mol. The number of rotatable bonds is 8. The monoisotopic (exact) mass is 283 g/mol. The van der Waals surface area contributed by atoms with E-state index in [9.17, 15) is 13.2 Å². The standard InChI is InChI=1S/C13H24F3NO2/c14-13(15,16)11-19-10-4-7-17(8-9-18)12-5-2-1-3-6-12/h12,18H,1-11H2. The van der Waals surface area contributed by atoms with Gasteiger partial charge in [-0.1, -0.05) is 19.3 Å². The number of nitrogens with zero attached hydrogens (tertiary/aromatic N) is 1. The van der Waals surface area contributed by atoms with Gasteiger partial charge in [-0.3, -0.25) is 4.90 Å². The van der Waals surface area contributed by atoms with E-state index in [4.69, 9.17) is 5.11 Å². The third kappa shape index (κ3) is 7.74. The summed E-state index contributed by atoms with van der Waals surface area (Å²) >= 11 is 0. The van der Waals surface area contributed by atoms with Crippen molar-refractivity contribution in [2.75, 3.05) is 32.9 Å². The fourth-order valence-corrected chi connectivity index (χ4v) is 2.61. The van der Waals surface area contributed by atoms with Crippen LogP contribution in [0.2, 0.25) is 0 Å². The molecule has 1 aliphatic rings. The Morgan fingerprint density at radius 3 is 2.37 bits per heavy atom. The highest BCUT2D eigenvalue weighted by molar-refractivity contribution is 4.75. The maximum atomic E-state index is 11.9. The molecule has 0 aromatic rings. The maximum Gasteiger partial charge on any atom is 0.411 e. The van der Waals surface area contributed by atoms with Crippen LogP contribution in [-0.4, -0.2) is 55.1 Å². The number of alkyl halides is 3. The molecule has 19 heavy (non-hydrogen) atoms. The summed E-state index contributed by atoms with van der Waals surface area (Å²) < 4.78 is 40.3. The molecule has 0 aromatic heterocycles. The normalized spacial score (nSPS) is 18.2. The molecule has 0 bridgehead atoms.